The lowest BCUT2D eigenvalue weighted by molar-refractivity contribution is 0.0999. The number of rotatable bonds is 7. The summed E-state index contributed by atoms with van der Waals surface area (Å²) in [7, 11) is -3.88. The van der Waals surface area contributed by atoms with E-state index in [1.807, 2.05) is 18.2 Å². The predicted molar refractivity (Wildman–Crippen MR) is 164 cm³/mol. The molecule has 5 rings (SSSR count). The Labute approximate surface area is 248 Å². The van der Waals surface area contributed by atoms with Gasteiger partial charge in [-0.2, -0.15) is 0 Å². The number of piperazine rings is 1. The van der Waals surface area contributed by atoms with E-state index in [2.05, 4.69) is 9.80 Å². The summed E-state index contributed by atoms with van der Waals surface area (Å²) in [5, 5.41) is 17.1. The topological polar surface area (TPSA) is 130 Å². The fourth-order valence-corrected chi connectivity index (χ4v) is 6.14. The molecule has 1 aliphatic heterocycles. The highest BCUT2D eigenvalue weighted by Gasteiger charge is 2.24. The van der Waals surface area contributed by atoms with Gasteiger partial charge in [0.1, 0.15) is 5.75 Å². The summed E-state index contributed by atoms with van der Waals surface area (Å²) in [5.41, 5.74) is 10.4. The molecule has 0 radical (unpaired) electrons. The van der Waals surface area contributed by atoms with Crippen molar-refractivity contribution in [3.63, 3.8) is 0 Å². The van der Waals surface area contributed by atoms with Crippen LogP contribution < -0.4 is 20.7 Å². The molecule has 1 fully saturated rings. The Morgan fingerprint density at radius 2 is 1.44 bits per heavy atom. The molecule has 8 nitrogen and oxygen atoms in total. The Hall–Kier alpha value is -3.76. The molecular formula is C30H28Cl2N4O4S. The average molecular weight is 612 g/mol. The number of aromatic hydroxyl groups is 1. The van der Waals surface area contributed by atoms with Crippen molar-refractivity contribution in [3.05, 3.63) is 106 Å². The Bertz CT molecular complexity index is 1740. The molecule has 0 bridgehead atoms. The number of nitrogens with zero attached hydrogens (tertiary/aromatic N) is 2. The quantitative estimate of drug-likeness (QED) is 0.269. The average Bonchev–Trinajstić information content (AvgIpc) is 2.95. The molecule has 1 saturated heterocycles. The van der Waals surface area contributed by atoms with E-state index in [-0.39, 0.29) is 17.1 Å². The number of phenols is 1. The number of hydrogen-bond acceptors (Lipinski definition) is 6. The molecule has 212 valence electrons. The van der Waals surface area contributed by atoms with E-state index in [4.69, 9.17) is 34.1 Å². The smallest absolute Gasteiger partial charge is 0.249 e. The van der Waals surface area contributed by atoms with E-state index in [0.717, 1.165) is 11.4 Å². The molecule has 1 aliphatic rings. The van der Waals surface area contributed by atoms with Crippen LogP contribution in [0.5, 0.6) is 5.75 Å². The zero-order chi connectivity index (χ0) is 29.3. The summed E-state index contributed by atoms with van der Waals surface area (Å²) in [6.45, 7) is 2.68. The Balaban J connectivity index is 1.47. The van der Waals surface area contributed by atoms with Crippen LogP contribution in [0, 0.1) is 0 Å². The minimum atomic E-state index is -3.88. The summed E-state index contributed by atoms with van der Waals surface area (Å²) in [5.74, 6) is -0.523. The molecule has 4 aromatic carbocycles. The van der Waals surface area contributed by atoms with Crippen LogP contribution in [0.2, 0.25) is 10.0 Å². The SMILES string of the molecule is NC(=O)c1cccc(N2CCN(c3cccc(Cl)c3Cl)CC2)c1Cc1cc(-c2cccc(S(N)(=O)=O)c2)ccc1O. The van der Waals surface area contributed by atoms with Crippen molar-refractivity contribution in [2.45, 2.75) is 11.3 Å². The van der Waals surface area contributed by atoms with Gasteiger partial charge >= 0.3 is 0 Å². The Kier molecular flexibility index (Phi) is 8.15. The van der Waals surface area contributed by atoms with Gasteiger partial charge in [-0.1, -0.05) is 53.5 Å². The summed E-state index contributed by atoms with van der Waals surface area (Å²) in [4.78, 5) is 16.8. The highest BCUT2D eigenvalue weighted by Crippen LogP contribution is 2.36. The number of halogens is 2. The van der Waals surface area contributed by atoms with Crippen molar-refractivity contribution in [1.82, 2.24) is 0 Å². The van der Waals surface area contributed by atoms with E-state index >= 15 is 0 Å². The molecule has 0 aromatic heterocycles. The van der Waals surface area contributed by atoms with Crippen LogP contribution in [0.3, 0.4) is 0 Å². The molecule has 11 heteroatoms. The Morgan fingerprint density at radius 1 is 0.829 bits per heavy atom. The number of primary amides is 1. The second-order valence-corrected chi connectivity index (χ2v) is 12.2. The molecular weight excluding hydrogens is 583 g/mol. The van der Waals surface area contributed by atoms with Crippen LogP contribution >= 0.6 is 23.2 Å². The number of sulfonamides is 1. The van der Waals surface area contributed by atoms with Crippen LogP contribution in [0.15, 0.2) is 83.8 Å². The second-order valence-electron chi connectivity index (χ2n) is 9.81. The first-order chi connectivity index (χ1) is 19.5. The lowest BCUT2D eigenvalue weighted by atomic mass is 9.93. The van der Waals surface area contributed by atoms with E-state index in [0.29, 0.717) is 64.0 Å². The third-order valence-corrected chi connectivity index (χ3v) is 8.97. The van der Waals surface area contributed by atoms with Crippen LogP contribution in [-0.2, 0) is 16.4 Å². The maximum absolute atomic E-state index is 12.5. The summed E-state index contributed by atoms with van der Waals surface area (Å²) in [6, 6.07) is 22.3. The predicted octanol–water partition coefficient (Wildman–Crippen LogP) is 5.03. The number of phenolic OH excluding ortho intramolecular Hbond substituents is 1. The van der Waals surface area contributed by atoms with Gasteiger partial charge in [0, 0.05) is 43.9 Å². The lowest BCUT2D eigenvalue weighted by Crippen LogP contribution is -2.47. The second kappa shape index (κ2) is 11.6. The highest BCUT2D eigenvalue weighted by molar-refractivity contribution is 7.89. The number of benzene rings is 4. The zero-order valence-corrected chi connectivity index (χ0v) is 24.3. The van der Waals surface area contributed by atoms with Crippen LogP contribution in [0.4, 0.5) is 11.4 Å². The maximum Gasteiger partial charge on any atom is 0.249 e. The van der Waals surface area contributed by atoms with Gasteiger partial charge in [-0.05, 0) is 70.8 Å². The number of primary sulfonamides is 1. The van der Waals surface area contributed by atoms with Gasteiger partial charge in [0.05, 0.1) is 20.6 Å². The van der Waals surface area contributed by atoms with Crippen molar-refractivity contribution in [1.29, 1.82) is 0 Å². The Morgan fingerprint density at radius 3 is 2.12 bits per heavy atom. The normalized spacial score (nSPS) is 13.8. The summed E-state index contributed by atoms with van der Waals surface area (Å²) < 4.78 is 23.7. The van der Waals surface area contributed by atoms with E-state index in [9.17, 15) is 18.3 Å². The highest BCUT2D eigenvalue weighted by atomic mass is 35.5. The van der Waals surface area contributed by atoms with Gasteiger partial charge < -0.3 is 20.6 Å². The summed E-state index contributed by atoms with van der Waals surface area (Å²) in [6.07, 6.45) is 0.226. The number of carbonyl (C=O) groups is 1. The van der Waals surface area contributed by atoms with Gasteiger partial charge in [-0.3, -0.25) is 4.79 Å². The molecule has 1 heterocycles. The molecule has 41 heavy (non-hydrogen) atoms. The van der Waals surface area contributed by atoms with Crippen molar-refractivity contribution in [2.75, 3.05) is 36.0 Å². The minimum Gasteiger partial charge on any atom is -0.508 e. The largest absolute Gasteiger partial charge is 0.508 e. The third-order valence-electron chi connectivity index (χ3n) is 7.25. The van der Waals surface area contributed by atoms with E-state index < -0.39 is 15.9 Å². The fraction of sp³-hybridized carbons (Fsp3) is 0.167. The van der Waals surface area contributed by atoms with E-state index in [1.165, 1.54) is 12.1 Å². The van der Waals surface area contributed by atoms with Gasteiger partial charge in [0.25, 0.3) is 0 Å². The molecule has 5 N–H and O–H groups in total. The monoisotopic (exact) mass is 610 g/mol. The lowest BCUT2D eigenvalue weighted by Gasteiger charge is -2.38. The van der Waals surface area contributed by atoms with Crippen molar-refractivity contribution >= 4 is 50.5 Å². The zero-order valence-electron chi connectivity index (χ0n) is 21.9. The number of hydrogen-bond donors (Lipinski definition) is 3. The van der Waals surface area contributed by atoms with Gasteiger partial charge in [-0.15, -0.1) is 0 Å². The number of amides is 1. The standard InChI is InChI=1S/C30H28Cl2N4O4S/c31-25-7-3-9-27(29(25)32)36-14-12-35(13-15-36)26-8-2-6-23(30(33)38)24(26)18-21-16-20(10-11-28(21)37)19-4-1-5-22(17-19)41(34,39)40/h1-11,16-17,37H,12-15,18H2,(H2,33,38)(H2,34,39,40). The summed E-state index contributed by atoms with van der Waals surface area (Å²) >= 11 is 12.7. The van der Waals surface area contributed by atoms with E-state index in [1.54, 1.807) is 48.5 Å². The minimum absolute atomic E-state index is 0.0100. The number of nitrogens with two attached hydrogens (primary N) is 2. The van der Waals surface area contributed by atoms with Crippen LogP contribution in [-0.4, -0.2) is 45.6 Å². The molecule has 4 aromatic rings. The van der Waals surface area contributed by atoms with Gasteiger partial charge in [0.15, 0.2) is 0 Å². The fourth-order valence-electron chi connectivity index (χ4n) is 5.16. The van der Waals surface area contributed by atoms with Crippen molar-refractivity contribution in [3.8, 4) is 16.9 Å². The molecule has 0 aliphatic carbocycles. The van der Waals surface area contributed by atoms with Crippen LogP contribution in [0.1, 0.15) is 21.5 Å². The van der Waals surface area contributed by atoms with Crippen LogP contribution in [0.25, 0.3) is 11.1 Å². The van der Waals surface area contributed by atoms with Crippen molar-refractivity contribution in [2.24, 2.45) is 10.9 Å². The number of carbonyl (C=O) groups excluding carboxylic acids is 1. The third kappa shape index (κ3) is 6.13. The molecule has 0 spiro atoms. The molecule has 0 unspecified atom stereocenters. The first-order valence-corrected chi connectivity index (χ1v) is 15.1. The molecule has 0 atom stereocenters. The van der Waals surface area contributed by atoms with Crippen molar-refractivity contribution < 1.29 is 18.3 Å². The first kappa shape index (κ1) is 28.8. The molecule has 0 saturated carbocycles. The first-order valence-electron chi connectivity index (χ1n) is 12.8. The molecule has 1 amide bonds. The van der Waals surface area contributed by atoms with Gasteiger partial charge in [-0.25, -0.2) is 13.6 Å². The number of anilines is 2. The van der Waals surface area contributed by atoms with Gasteiger partial charge in [0.2, 0.25) is 15.9 Å². The maximum atomic E-state index is 12.5.